The molecule has 0 aromatic heterocycles. The molecule has 0 amide bonds. The van der Waals surface area contributed by atoms with Crippen molar-refractivity contribution in [3.8, 4) is 5.75 Å². The molecule has 1 aromatic rings. The fourth-order valence-corrected chi connectivity index (χ4v) is 1.67. The van der Waals surface area contributed by atoms with Gasteiger partial charge in [0.15, 0.2) is 0 Å². The minimum atomic E-state index is -0.400. The van der Waals surface area contributed by atoms with Crippen LogP contribution in [0.25, 0.3) is 0 Å². The molecule has 0 spiro atoms. The molecule has 102 valence electrons. The first kappa shape index (κ1) is 15.0. The Balaban J connectivity index is 2.78. The fourth-order valence-electron chi connectivity index (χ4n) is 1.67. The van der Waals surface area contributed by atoms with E-state index >= 15 is 0 Å². The molecular weight excluding hydrogens is 226 g/mol. The molecule has 0 bridgehead atoms. The number of nitrogens with one attached hydrogen (secondary N) is 1. The number of para-hydroxylation sites is 1. The molecule has 2 unspecified atom stereocenters. The van der Waals surface area contributed by atoms with Crippen molar-refractivity contribution in [3.05, 3.63) is 29.8 Å². The van der Waals surface area contributed by atoms with Crippen molar-refractivity contribution in [2.24, 2.45) is 0 Å². The lowest BCUT2D eigenvalue weighted by Crippen LogP contribution is -2.48. The van der Waals surface area contributed by atoms with Crippen LogP contribution in [0.2, 0.25) is 0 Å². The molecule has 3 heteroatoms. The maximum absolute atomic E-state index is 9.35. The molecule has 0 saturated carbocycles. The summed E-state index contributed by atoms with van der Waals surface area (Å²) in [7, 11) is 1.83. The molecule has 0 radical (unpaired) electrons. The number of ether oxygens (including phenoxy) is 1. The SMILES string of the molecule is CCC(C)c1ccccc1OCC(C)(CO)NC. The van der Waals surface area contributed by atoms with Crippen LogP contribution in [-0.4, -0.2) is 30.9 Å². The molecule has 0 aliphatic heterocycles. The van der Waals surface area contributed by atoms with Gasteiger partial charge in [-0.3, -0.25) is 0 Å². The molecule has 2 atom stereocenters. The van der Waals surface area contributed by atoms with Crippen LogP contribution < -0.4 is 10.1 Å². The van der Waals surface area contributed by atoms with Gasteiger partial charge in [-0.15, -0.1) is 0 Å². The first-order valence-corrected chi connectivity index (χ1v) is 6.57. The van der Waals surface area contributed by atoms with Crippen molar-refractivity contribution >= 4 is 0 Å². The lowest BCUT2D eigenvalue weighted by molar-refractivity contribution is 0.121. The van der Waals surface area contributed by atoms with Crippen LogP contribution in [0.4, 0.5) is 0 Å². The Kier molecular flexibility index (Phi) is 5.63. The first-order chi connectivity index (χ1) is 8.56. The van der Waals surface area contributed by atoms with Crippen LogP contribution in [0.5, 0.6) is 5.75 Å². The second-order valence-corrected chi connectivity index (χ2v) is 5.10. The van der Waals surface area contributed by atoms with Gasteiger partial charge in [-0.25, -0.2) is 0 Å². The lowest BCUT2D eigenvalue weighted by Gasteiger charge is -2.27. The maximum Gasteiger partial charge on any atom is 0.122 e. The Morgan fingerprint density at radius 3 is 2.61 bits per heavy atom. The van der Waals surface area contributed by atoms with Gasteiger partial charge in [0, 0.05) is 0 Å². The van der Waals surface area contributed by atoms with E-state index in [1.807, 2.05) is 32.2 Å². The van der Waals surface area contributed by atoms with E-state index in [9.17, 15) is 5.11 Å². The molecular formula is C15H25NO2. The predicted octanol–water partition coefficient (Wildman–Crippen LogP) is 2.55. The monoisotopic (exact) mass is 251 g/mol. The summed E-state index contributed by atoms with van der Waals surface area (Å²) in [6, 6.07) is 8.13. The second-order valence-electron chi connectivity index (χ2n) is 5.10. The Morgan fingerprint density at radius 1 is 1.39 bits per heavy atom. The summed E-state index contributed by atoms with van der Waals surface area (Å²) in [5.74, 6) is 1.40. The summed E-state index contributed by atoms with van der Waals surface area (Å²) in [6.45, 7) is 6.82. The lowest BCUT2D eigenvalue weighted by atomic mass is 9.97. The number of benzene rings is 1. The second kappa shape index (κ2) is 6.76. The number of hydrogen-bond donors (Lipinski definition) is 2. The average Bonchev–Trinajstić information content (AvgIpc) is 2.44. The van der Waals surface area contributed by atoms with E-state index in [0.717, 1.165) is 12.2 Å². The van der Waals surface area contributed by atoms with Gasteiger partial charge < -0.3 is 15.2 Å². The number of rotatable bonds is 7. The third kappa shape index (κ3) is 3.72. The largest absolute Gasteiger partial charge is 0.491 e. The Bertz CT molecular complexity index is 361. The van der Waals surface area contributed by atoms with Crippen molar-refractivity contribution in [3.63, 3.8) is 0 Å². The zero-order chi connectivity index (χ0) is 13.6. The van der Waals surface area contributed by atoms with Gasteiger partial charge in [-0.1, -0.05) is 32.0 Å². The van der Waals surface area contributed by atoms with Crippen molar-refractivity contribution in [1.29, 1.82) is 0 Å². The molecule has 0 aliphatic rings. The van der Waals surface area contributed by atoms with E-state index in [1.54, 1.807) is 0 Å². The first-order valence-electron chi connectivity index (χ1n) is 6.57. The van der Waals surface area contributed by atoms with Crippen LogP contribution >= 0.6 is 0 Å². The summed E-state index contributed by atoms with van der Waals surface area (Å²) in [4.78, 5) is 0. The van der Waals surface area contributed by atoms with Gasteiger partial charge in [0.25, 0.3) is 0 Å². The third-order valence-electron chi connectivity index (χ3n) is 3.56. The molecule has 1 rings (SSSR count). The Morgan fingerprint density at radius 2 is 2.06 bits per heavy atom. The number of aliphatic hydroxyl groups excluding tert-OH is 1. The van der Waals surface area contributed by atoms with Gasteiger partial charge in [0.2, 0.25) is 0 Å². The summed E-state index contributed by atoms with van der Waals surface area (Å²) >= 11 is 0. The topological polar surface area (TPSA) is 41.5 Å². The number of hydrogen-bond acceptors (Lipinski definition) is 3. The molecule has 2 N–H and O–H groups in total. The van der Waals surface area contributed by atoms with Crippen LogP contribution in [0.1, 0.15) is 38.7 Å². The van der Waals surface area contributed by atoms with Crippen LogP contribution in [0.3, 0.4) is 0 Å². The minimum Gasteiger partial charge on any atom is -0.491 e. The Hall–Kier alpha value is -1.06. The van der Waals surface area contributed by atoms with Crippen molar-refractivity contribution in [2.75, 3.05) is 20.3 Å². The molecule has 0 heterocycles. The smallest absolute Gasteiger partial charge is 0.122 e. The number of aliphatic hydroxyl groups is 1. The predicted molar refractivity (Wildman–Crippen MR) is 75.2 cm³/mol. The van der Waals surface area contributed by atoms with Gasteiger partial charge in [-0.2, -0.15) is 0 Å². The summed E-state index contributed by atoms with van der Waals surface area (Å²) in [5.41, 5.74) is 0.833. The highest BCUT2D eigenvalue weighted by Crippen LogP contribution is 2.28. The summed E-state index contributed by atoms with van der Waals surface area (Å²) < 4.78 is 5.88. The highest BCUT2D eigenvalue weighted by atomic mass is 16.5. The summed E-state index contributed by atoms with van der Waals surface area (Å²) in [5, 5.41) is 12.4. The molecule has 1 aromatic carbocycles. The van der Waals surface area contributed by atoms with E-state index in [1.165, 1.54) is 5.56 Å². The van der Waals surface area contributed by atoms with Crippen molar-refractivity contribution in [2.45, 2.75) is 38.6 Å². The van der Waals surface area contributed by atoms with E-state index in [4.69, 9.17) is 4.74 Å². The molecule has 0 aliphatic carbocycles. The van der Waals surface area contributed by atoms with E-state index in [-0.39, 0.29) is 6.61 Å². The van der Waals surface area contributed by atoms with Crippen LogP contribution in [0, 0.1) is 0 Å². The van der Waals surface area contributed by atoms with E-state index in [0.29, 0.717) is 12.5 Å². The van der Waals surface area contributed by atoms with Gasteiger partial charge in [-0.05, 0) is 37.9 Å². The molecule has 0 saturated heterocycles. The van der Waals surface area contributed by atoms with E-state index in [2.05, 4.69) is 25.2 Å². The van der Waals surface area contributed by atoms with E-state index < -0.39 is 5.54 Å². The highest BCUT2D eigenvalue weighted by Gasteiger charge is 2.22. The van der Waals surface area contributed by atoms with Crippen molar-refractivity contribution in [1.82, 2.24) is 5.32 Å². The normalized spacial score (nSPS) is 16.1. The Labute approximate surface area is 110 Å². The molecule has 18 heavy (non-hydrogen) atoms. The van der Waals surface area contributed by atoms with Crippen molar-refractivity contribution < 1.29 is 9.84 Å². The quantitative estimate of drug-likeness (QED) is 0.782. The zero-order valence-corrected chi connectivity index (χ0v) is 11.9. The maximum atomic E-state index is 9.35. The van der Waals surface area contributed by atoms with Crippen LogP contribution in [0.15, 0.2) is 24.3 Å². The zero-order valence-electron chi connectivity index (χ0n) is 11.9. The minimum absolute atomic E-state index is 0.0506. The summed E-state index contributed by atoms with van der Waals surface area (Å²) in [6.07, 6.45) is 1.09. The molecule has 0 fully saturated rings. The number of likely N-dealkylation sites (N-methyl/N-ethyl adjacent to an activating group) is 1. The highest BCUT2D eigenvalue weighted by molar-refractivity contribution is 5.36. The van der Waals surface area contributed by atoms with Gasteiger partial charge in [0.05, 0.1) is 12.1 Å². The third-order valence-corrected chi connectivity index (χ3v) is 3.56. The average molecular weight is 251 g/mol. The van der Waals surface area contributed by atoms with Gasteiger partial charge in [0.1, 0.15) is 12.4 Å². The standard InChI is InChI=1S/C15H25NO2/c1-5-12(2)13-8-6-7-9-14(13)18-11-15(3,10-17)16-4/h6-9,12,16-17H,5,10-11H2,1-4H3. The fraction of sp³-hybridized carbons (Fsp3) is 0.600. The van der Waals surface area contributed by atoms with Crippen LogP contribution in [-0.2, 0) is 0 Å². The molecule has 3 nitrogen and oxygen atoms in total. The van der Waals surface area contributed by atoms with Gasteiger partial charge >= 0.3 is 0 Å².